The van der Waals surface area contributed by atoms with E-state index >= 15 is 0 Å². The third-order valence-corrected chi connectivity index (χ3v) is 4.68. The van der Waals surface area contributed by atoms with Crippen molar-refractivity contribution in [1.29, 1.82) is 0 Å². The number of hydrogen-bond acceptors (Lipinski definition) is 5. The summed E-state index contributed by atoms with van der Waals surface area (Å²) in [5, 5.41) is 9.46. The van der Waals surface area contributed by atoms with Crippen LogP contribution >= 0.6 is 0 Å². The van der Waals surface area contributed by atoms with E-state index in [2.05, 4.69) is 45.3 Å². The largest absolute Gasteiger partial charge is 0.394 e. The second kappa shape index (κ2) is 10.5. The van der Waals surface area contributed by atoms with Crippen molar-refractivity contribution in [3.05, 3.63) is 22.5 Å². The molecule has 1 saturated heterocycles. The van der Waals surface area contributed by atoms with Crippen molar-refractivity contribution >= 4 is 17.9 Å². The van der Waals surface area contributed by atoms with Crippen molar-refractivity contribution in [2.24, 2.45) is 5.92 Å². The normalized spacial score (nSPS) is 20.0. The van der Waals surface area contributed by atoms with Crippen molar-refractivity contribution in [2.75, 3.05) is 6.61 Å². The third kappa shape index (κ3) is 5.30. The zero-order valence-corrected chi connectivity index (χ0v) is 17.0. The van der Waals surface area contributed by atoms with Crippen LogP contribution in [-0.4, -0.2) is 44.0 Å². The molecule has 2 aromatic heterocycles. The lowest BCUT2D eigenvalue weighted by Crippen LogP contribution is -2.20. The zero-order chi connectivity index (χ0) is 21.4. The van der Waals surface area contributed by atoms with Gasteiger partial charge in [-0.2, -0.15) is 0 Å². The summed E-state index contributed by atoms with van der Waals surface area (Å²) in [6, 6.07) is 0. The molecule has 0 amide bonds. The summed E-state index contributed by atoms with van der Waals surface area (Å²) in [7, 11) is 0. The van der Waals surface area contributed by atoms with E-state index in [0.29, 0.717) is 22.9 Å². The molecule has 2 N–H and O–H groups in total. The fourth-order valence-corrected chi connectivity index (χ4v) is 3.35. The van der Waals surface area contributed by atoms with Gasteiger partial charge >= 0.3 is 6.71 Å². The van der Waals surface area contributed by atoms with Gasteiger partial charge in [0.1, 0.15) is 12.1 Å². The summed E-state index contributed by atoms with van der Waals surface area (Å²) in [5.74, 6) is 10.9. The fraction of sp³-hybridized carbons (Fsp3) is 0.476. The standard InChI is InChI=1S/C14H20N4O3.C7H5B/c1-3-4-9-5-11(21-10(9)6-19)18-7-15-12-13(18)16-8(2)17-14(12)20;1-4-7-8(5-2)6-3/h7,9-11,19H,3-6H2,1-2H3,(H,16,17,20);2-3H,1H3/t9?,10-,11-;/m1./s1. The van der Waals surface area contributed by atoms with E-state index in [9.17, 15) is 9.90 Å². The van der Waals surface area contributed by atoms with Crippen molar-refractivity contribution in [2.45, 2.75) is 52.4 Å². The molecule has 0 aliphatic carbocycles. The minimum atomic E-state index is -0.306. The second-order valence-corrected chi connectivity index (χ2v) is 6.73. The van der Waals surface area contributed by atoms with E-state index in [1.54, 1.807) is 24.7 Å². The summed E-state index contributed by atoms with van der Waals surface area (Å²) < 4.78 is 7.73. The maximum Gasteiger partial charge on any atom is 0.394 e. The molecule has 3 rings (SSSR count). The van der Waals surface area contributed by atoms with Gasteiger partial charge in [0.2, 0.25) is 0 Å². The van der Waals surface area contributed by atoms with Crippen LogP contribution in [0.25, 0.3) is 11.2 Å². The van der Waals surface area contributed by atoms with Gasteiger partial charge in [-0.25, -0.2) is 9.97 Å². The zero-order valence-electron chi connectivity index (χ0n) is 17.0. The first-order valence-electron chi connectivity index (χ1n) is 9.53. The van der Waals surface area contributed by atoms with E-state index in [1.165, 1.54) is 0 Å². The maximum atomic E-state index is 11.9. The average Bonchev–Trinajstić information content (AvgIpc) is 3.30. The first kappa shape index (κ1) is 22.3. The van der Waals surface area contributed by atoms with Gasteiger partial charge in [0.25, 0.3) is 5.56 Å². The molecular formula is C21H25BN4O3. The van der Waals surface area contributed by atoms with Crippen molar-refractivity contribution in [1.82, 2.24) is 19.5 Å². The lowest BCUT2D eigenvalue weighted by atomic mass is 9.53. The van der Waals surface area contributed by atoms with Crippen molar-refractivity contribution < 1.29 is 9.84 Å². The molecule has 8 heteroatoms. The van der Waals surface area contributed by atoms with Gasteiger partial charge in [0, 0.05) is 0 Å². The molecule has 3 atom stereocenters. The monoisotopic (exact) mass is 392 g/mol. The highest BCUT2D eigenvalue weighted by molar-refractivity contribution is 6.82. The van der Waals surface area contributed by atoms with Gasteiger partial charge in [-0.1, -0.05) is 13.3 Å². The second-order valence-electron chi connectivity index (χ2n) is 6.73. The lowest BCUT2D eigenvalue weighted by molar-refractivity contribution is -0.0297. The Hall–Kier alpha value is -2.99. The topological polar surface area (TPSA) is 93.0 Å². The minimum absolute atomic E-state index is 0.0147. The van der Waals surface area contributed by atoms with E-state index in [1.807, 2.05) is 0 Å². The Morgan fingerprint density at radius 3 is 2.72 bits per heavy atom. The van der Waals surface area contributed by atoms with Gasteiger partial charge in [-0.15, -0.1) is 36.2 Å². The van der Waals surface area contributed by atoms with Gasteiger partial charge in [0.05, 0.1) is 19.0 Å². The molecule has 7 nitrogen and oxygen atoms in total. The molecule has 29 heavy (non-hydrogen) atoms. The van der Waals surface area contributed by atoms with Gasteiger partial charge in [0.15, 0.2) is 11.2 Å². The number of aliphatic hydroxyl groups is 1. The molecule has 0 saturated carbocycles. The van der Waals surface area contributed by atoms with Crippen molar-refractivity contribution in [3.8, 4) is 36.2 Å². The molecule has 1 unspecified atom stereocenters. The number of H-pyrrole nitrogens is 1. The van der Waals surface area contributed by atoms with Crippen LogP contribution < -0.4 is 5.56 Å². The first-order chi connectivity index (χ1) is 14.0. The molecule has 1 aliphatic rings. The molecule has 0 spiro atoms. The predicted molar refractivity (Wildman–Crippen MR) is 114 cm³/mol. The highest BCUT2D eigenvalue weighted by Gasteiger charge is 2.35. The van der Waals surface area contributed by atoms with Crippen LogP contribution in [0.3, 0.4) is 0 Å². The summed E-state index contributed by atoms with van der Waals surface area (Å²) in [5.41, 5.74) is 0.622. The molecule has 0 bridgehead atoms. The Kier molecular flexibility index (Phi) is 8.10. The molecule has 1 fully saturated rings. The number of hydrogen-bond donors (Lipinski definition) is 2. The Morgan fingerprint density at radius 1 is 1.45 bits per heavy atom. The third-order valence-electron chi connectivity index (χ3n) is 4.68. The number of terminal acetylenes is 2. The summed E-state index contributed by atoms with van der Waals surface area (Å²) in [4.78, 5) is 23.0. The number of imidazole rings is 1. The summed E-state index contributed by atoms with van der Waals surface area (Å²) in [6.45, 7) is 5.28. The number of rotatable bonds is 4. The molecule has 2 aromatic rings. The number of aryl methyl sites for hydroxylation is 1. The maximum absolute atomic E-state index is 11.9. The predicted octanol–water partition coefficient (Wildman–Crippen LogP) is 1.51. The molecule has 0 radical (unpaired) electrons. The minimum Gasteiger partial charge on any atom is -0.394 e. The van der Waals surface area contributed by atoms with Gasteiger partial charge < -0.3 is 14.8 Å². The number of ether oxygens (including phenoxy) is 1. The Balaban J connectivity index is 0.000000321. The van der Waals surface area contributed by atoms with Crippen LogP contribution in [0, 0.1) is 49.1 Å². The summed E-state index contributed by atoms with van der Waals surface area (Å²) >= 11 is 0. The number of fused-ring (bicyclic) bond motifs is 1. The van der Waals surface area contributed by atoms with Crippen LogP contribution in [0.4, 0.5) is 0 Å². The SMILES string of the molecule is C#CB(C#C)C#CC.CCCC1C[C@H](n2cnc3c(=O)[nH]c(C)nc32)O[C@@H]1CO. The van der Waals surface area contributed by atoms with Crippen molar-refractivity contribution in [3.63, 3.8) is 0 Å². The van der Waals surface area contributed by atoms with Crippen LogP contribution in [-0.2, 0) is 4.74 Å². The lowest BCUT2D eigenvalue weighted by Gasteiger charge is -2.14. The van der Waals surface area contributed by atoms with Crippen LogP contribution in [0.15, 0.2) is 11.1 Å². The average molecular weight is 392 g/mol. The molecule has 150 valence electrons. The van der Waals surface area contributed by atoms with Gasteiger partial charge in [-0.05, 0) is 32.6 Å². The molecule has 3 heterocycles. The highest BCUT2D eigenvalue weighted by atomic mass is 16.5. The number of aromatic amines is 1. The number of nitrogens with zero attached hydrogens (tertiary/aromatic N) is 3. The first-order valence-corrected chi connectivity index (χ1v) is 9.53. The number of aromatic nitrogens is 4. The van der Waals surface area contributed by atoms with E-state index in [-0.39, 0.29) is 31.2 Å². The molecule has 1 aliphatic heterocycles. The van der Waals surface area contributed by atoms with Gasteiger partial charge in [-0.3, -0.25) is 9.36 Å². The quantitative estimate of drug-likeness (QED) is 0.608. The molecule has 0 aromatic carbocycles. The van der Waals surface area contributed by atoms with Crippen LogP contribution in [0.5, 0.6) is 0 Å². The Bertz CT molecular complexity index is 1020. The smallest absolute Gasteiger partial charge is 0.394 e. The summed E-state index contributed by atoms with van der Waals surface area (Å²) in [6.07, 6.45) is 14.0. The molecular weight excluding hydrogens is 367 g/mol. The number of nitrogens with one attached hydrogen (secondary N) is 1. The highest BCUT2D eigenvalue weighted by Crippen LogP contribution is 2.36. The van der Waals surface area contributed by atoms with E-state index in [0.717, 1.165) is 19.3 Å². The van der Waals surface area contributed by atoms with E-state index in [4.69, 9.17) is 17.6 Å². The Morgan fingerprint density at radius 2 is 2.17 bits per heavy atom. The van der Waals surface area contributed by atoms with E-state index < -0.39 is 0 Å². The number of aliphatic hydroxyl groups excluding tert-OH is 1. The fourth-order valence-electron chi connectivity index (χ4n) is 3.35. The Labute approximate surface area is 171 Å². The van der Waals surface area contributed by atoms with Crippen LogP contribution in [0.1, 0.15) is 45.2 Å². The van der Waals surface area contributed by atoms with Crippen LogP contribution in [0.2, 0.25) is 0 Å².